The molecule has 0 aliphatic carbocycles. The molecule has 3 aromatic carbocycles. The third-order valence-corrected chi connectivity index (χ3v) is 4.66. The number of halogens is 4. The number of rotatable bonds is 2. The number of ether oxygens (including phenoxy) is 1. The van der Waals surface area contributed by atoms with Crippen LogP contribution in [0, 0.1) is 43.3 Å². The average Bonchev–Trinajstić information content (AvgIpc) is 2.72. The van der Waals surface area contributed by atoms with Crippen LogP contribution < -0.4 is 4.74 Å². The average molecular weight is 436 g/mol. The van der Waals surface area contributed by atoms with E-state index >= 15 is 0 Å². The van der Waals surface area contributed by atoms with Gasteiger partial charge in [0.2, 0.25) is 0 Å². The first kappa shape index (κ1) is 23.0. The zero-order chi connectivity index (χ0) is 23.3. The summed E-state index contributed by atoms with van der Waals surface area (Å²) in [5.74, 6) is 10.2. The Kier molecular flexibility index (Phi) is 6.91. The molecule has 32 heavy (non-hydrogen) atoms. The minimum absolute atomic E-state index is 0.104. The fraction of sp³-hybridized carbons (Fsp3) is 0.185. The van der Waals surface area contributed by atoms with Gasteiger partial charge in [-0.1, -0.05) is 54.4 Å². The molecule has 0 saturated carbocycles. The Bertz CT molecular complexity index is 1250. The first-order valence-corrected chi connectivity index (χ1v) is 9.94. The number of hydrogen-bond donors (Lipinski definition) is 0. The second-order valence-electron chi connectivity index (χ2n) is 7.26. The summed E-state index contributed by atoms with van der Waals surface area (Å²) in [6.45, 7) is 5.54. The maximum absolute atomic E-state index is 14.1. The van der Waals surface area contributed by atoms with E-state index in [-0.39, 0.29) is 11.1 Å². The summed E-state index contributed by atoms with van der Waals surface area (Å²) in [5, 5.41) is 0. The molecule has 0 aromatic heterocycles. The van der Waals surface area contributed by atoms with Crippen LogP contribution in [0.4, 0.5) is 17.6 Å². The number of benzene rings is 3. The number of aryl methyl sites for hydroxylation is 3. The van der Waals surface area contributed by atoms with Gasteiger partial charge >= 0.3 is 6.36 Å². The lowest BCUT2D eigenvalue weighted by atomic mass is 10.00. The van der Waals surface area contributed by atoms with Crippen LogP contribution in [0.5, 0.6) is 5.75 Å². The Balaban J connectivity index is 2.07. The highest BCUT2D eigenvalue weighted by atomic mass is 19.4. The molecule has 0 spiro atoms. The van der Waals surface area contributed by atoms with Crippen molar-refractivity contribution in [2.24, 2.45) is 0 Å². The summed E-state index contributed by atoms with van der Waals surface area (Å²) in [6.07, 6.45) is -4.38. The second kappa shape index (κ2) is 9.62. The van der Waals surface area contributed by atoms with Gasteiger partial charge in [0, 0.05) is 11.1 Å². The summed E-state index contributed by atoms with van der Waals surface area (Å²) in [6, 6.07) is 14.7. The van der Waals surface area contributed by atoms with Gasteiger partial charge in [-0.05, 0) is 67.8 Å². The summed E-state index contributed by atoms with van der Waals surface area (Å²) in [4.78, 5) is 0. The molecular weight excluding hydrogens is 416 g/mol. The molecule has 0 saturated heterocycles. The van der Waals surface area contributed by atoms with Crippen molar-refractivity contribution < 1.29 is 22.3 Å². The van der Waals surface area contributed by atoms with E-state index < -0.39 is 17.9 Å². The minimum Gasteiger partial charge on any atom is -0.404 e. The summed E-state index contributed by atoms with van der Waals surface area (Å²) >= 11 is 0. The Morgan fingerprint density at radius 2 is 1.38 bits per heavy atom. The first-order valence-electron chi connectivity index (χ1n) is 9.94. The van der Waals surface area contributed by atoms with Crippen molar-refractivity contribution >= 4 is 0 Å². The standard InChI is InChI=1S/C27H20F4O/c1-4-21-16-24(12-10-20-8-5-18(2)6-9-20)26(32-27(29,30)31)17-23(21)14-13-22-11-7-19(3)15-25(22)28/h5-9,11,15-17H,4H2,1-3H3. The molecule has 0 N–H and O–H groups in total. The maximum Gasteiger partial charge on any atom is 0.573 e. The molecule has 3 aromatic rings. The second-order valence-corrected chi connectivity index (χ2v) is 7.26. The van der Waals surface area contributed by atoms with E-state index in [0.29, 0.717) is 23.1 Å². The normalized spacial score (nSPS) is 10.6. The number of alkyl halides is 3. The van der Waals surface area contributed by atoms with Crippen LogP contribution in [0.3, 0.4) is 0 Å². The summed E-state index contributed by atoms with van der Waals surface area (Å²) < 4.78 is 57.4. The lowest BCUT2D eigenvalue weighted by Gasteiger charge is -2.13. The predicted molar refractivity (Wildman–Crippen MR) is 117 cm³/mol. The van der Waals surface area contributed by atoms with E-state index in [1.165, 1.54) is 24.3 Å². The van der Waals surface area contributed by atoms with Crippen LogP contribution in [-0.4, -0.2) is 6.36 Å². The van der Waals surface area contributed by atoms with Gasteiger partial charge in [0.05, 0.1) is 11.1 Å². The van der Waals surface area contributed by atoms with Crippen LogP contribution in [0.2, 0.25) is 0 Å². The molecule has 0 aliphatic rings. The van der Waals surface area contributed by atoms with E-state index in [4.69, 9.17) is 0 Å². The topological polar surface area (TPSA) is 9.23 Å². The zero-order valence-electron chi connectivity index (χ0n) is 17.8. The summed E-state index contributed by atoms with van der Waals surface area (Å²) in [7, 11) is 0. The van der Waals surface area contributed by atoms with Crippen LogP contribution in [-0.2, 0) is 6.42 Å². The van der Waals surface area contributed by atoms with Crippen molar-refractivity contribution in [2.45, 2.75) is 33.6 Å². The van der Waals surface area contributed by atoms with Crippen LogP contribution in [0.1, 0.15) is 45.9 Å². The molecule has 0 bridgehead atoms. The van der Waals surface area contributed by atoms with E-state index in [1.54, 1.807) is 25.1 Å². The fourth-order valence-electron chi connectivity index (χ4n) is 2.97. The third-order valence-electron chi connectivity index (χ3n) is 4.66. The SMILES string of the molecule is CCc1cc(C#Cc2ccc(C)cc2)c(OC(F)(F)F)cc1C#Cc1ccc(C)cc1F. The molecule has 3 rings (SSSR count). The van der Waals surface area contributed by atoms with E-state index in [1.807, 2.05) is 26.0 Å². The monoisotopic (exact) mass is 436 g/mol. The molecular formula is C27H20F4O. The Hall–Kier alpha value is -3.70. The van der Waals surface area contributed by atoms with E-state index in [0.717, 1.165) is 11.1 Å². The molecule has 0 unspecified atom stereocenters. The molecule has 162 valence electrons. The Labute approximate surface area is 185 Å². The summed E-state index contributed by atoms with van der Waals surface area (Å²) in [5.41, 5.74) is 3.76. The van der Waals surface area contributed by atoms with Crippen LogP contribution >= 0.6 is 0 Å². The van der Waals surface area contributed by atoms with E-state index in [9.17, 15) is 17.6 Å². The quantitative estimate of drug-likeness (QED) is 0.321. The lowest BCUT2D eigenvalue weighted by molar-refractivity contribution is -0.274. The van der Waals surface area contributed by atoms with Crippen molar-refractivity contribution in [1.29, 1.82) is 0 Å². The van der Waals surface area contributed by atoms with E-state index in [2.05, 4.69) is 28.4 Å². The molecule has 5 heteroatoms. The van der Waals surface area contributed by atoms with Gasteiger partial charge in [0.25, 0.3) is 0 Å². The molecule has 0 aliphatic heterocycles. The molecule has 0 heterocycles. The van der Waals surface area contributed by atoms with Crippen molar-refractivity contribution in [3.8, 4) is 29.4 Å². The number of hydrogen-bond acceptors (Lipinski definition) is 1. The molecule has 0 atom stereocenters. The highest BCUT2D eigenvalue weighted by Crippen LogP contribution is 2.29. The van der Waals surface area contributed by atoms with Gasteiger partial charge in [-0.25, -0.2) is 4.39 Å². The molecule has 1 nitrogen and oxygen atoms in total. The fourth-order valence-corrected chi connectivity index (χ4v) is 2.97. The molecule has 0 radical (unpaired) electrons. The lowest BCUT2D eigenvalue weighted by Crippen LogP contribution is -2.18. The van der Waals surface area contributed by atoms with Crippen molar-refractivity contribution in [3.05, 3.63) is 99.4 Å². The Morgan fingerprint density at radius 3 is 2.00 bits per heavy atom. The Morgan fingerprint density at radius 1 is 0.750 bits per heavy atom. The van der Waals surface area contributed by atoms with Gasteiger partial charge < -0.3 is 4.74 Å². The van der Waals surface area contributed by atoms with Gasteiger partial charge in [0.1, 0.15) is 11.6 Å². The first-order chi connectivity index (χ1) is 15.1. The smallest absolute Gasteiger partial charge is 0.404 e. The maximum atomic E-state index is 14.1. The largest absolute Gasteiger partial charge is 0.573 e. The van der Waals surface area contributed by atoms with Gasteiger partial charge in [-0.2, -0.15) is 0 Å². The van der Waals surface area contributed by atoms with Crippen molar-refractivity contribution in [2.75, 3.05) is 0 Å². The van der Waals surface area contributed by atoms with Crippen molar-refractivity contribution in [3.63, 3.8) is 0 Å². The van der Waals surface area contributed by atoms with Crippen LogP contribution in [0.15, 0.2) is 54.6 Å². The van der Waals surface area contributed by atoms with Crippen LogP contribution in [0.25, 0.3) is 0 Å². The van der Waals surface area contributed by atoms with Gasteiger partial charge in [0.15, 0.2) is 0 Å². The third kappa shape index (κ3) is 6.15. The predicted octanol–water partition coefficient (Wildman–Crippen LogP) is 6.70. The molecule has 0 fully saturated rings. The minimum atomic E-state index is -4.89. The highest BCUT2D eigenvalue weighted by molar-refractivity contribution is 5.58. The van der Waals surface area contributed by atoms with Gasteiger partial charge in [-0.15, -0.1) is 13.2 Å². The molecule has 0 amide bonds. The van der Waals surface area contributed by atoms with Gasteiger partial charge in [-0.3, -0.25) is 0 Å². The van der Waals surface area contributed by atoms with Crippen molar-refractivity contribution in [1.82, 2.24) is 0 Å². The zero-order valence-corrected chi connectivity index (χ0v) is 17.8. The highest BCUT2D eigenvalue weighted by Gasteiger charge is 2.32.